The van der Waals surface area contributed by atoms with Crippen molar-refractivity contribution in [2.24, 2.45) is 11.1 Å². The van der Waals surface area contributed by atoms with Crippen molar-refractivity contribution in [3.05, 3.63) is 0 Å². The number of carbonyl (C=O) groups excluding carboxylic acids is 2. The molecule has 0 atom stereocenters. The minimum atomic E-state index is -0.750. The van der Waals surface area contributed by atoms with Gasteiger partial charge >= 0.3 is 0 Å². The minimum Gasteiger partial charge on any atom is -0.352 e. The fourth-order valence-corrected chi connectivity index (χ4v) is 3.51. The van der Waals surface area contributed by atoms with Crippen LogP contribution >= 0.6 is 12.4 Å². The van der Waals surface area contributed by atoms with E-state index in [4.69, 9.17) is 5.73 Å². The van der Waals surface area contributed by atoms with Crippen LogP contribution in [0.5, 0.6) is 0 Å². The maximum atomic E-state index is 12.7. The van der Waals surface area contributed by atoms with E-state index in [0.29, 0.717) is 26.1 Å². The average molecular weight is 318 g/mol. The van der Waals surface area contributed by atoms with Gasteiger partial charge in [-0.3, -0.25) is 9.59 Å². The molecule has 5 nitrogen and oxygen atoms in total. The number of rotatable bonds is 3. The SMILES string of the molecule is CC1(C)C(=O)NCCN1C(=O)CC1(CN)CCCCC1.Cl. The van der Waals surface area contributed by atoms with Gasteiger partial charge in [-0.15, -0.1) is 12.4 Å². The number of hydrogen-bond donors (Lipinski definition) is 2. The maximum absolute atomic E-state index is 12.7. The first-order valence-corrected chi connectivity index (χ1v) is 7.70. The highest BCUT2D eigenvalue weighted by atomic mass is 35.5. The van der Waals surface area contributed by atoms with Crippen LogP contribution in [0.3, 0.4) is 0 Å². The van der Waals surface area contributed by atoms with E-state index in [2.05, 4.69) is 5.32 Å². The fraction of sp³-hybridized carbons (Fsp3) is 0.867. The number of hydrogen-bond acceptors (Lipinski definition) is 3. The number of nitrogens with one attached hydrogen (secondary N) is 1. The summed E-state index contributed by atoms with van der Waals surface area (Å²) >= 11 is 0. The summed E-state index contributed by atoms with van der Waals surface area (Å²) in [4.78, 5) is 26.4. The molecular weight excluding hydrogens is 290 g/mol. The van der Waals surface area contributed by atoms with E-state index in [1.807, 2.05) is 13.8 Å². The molecule has 2 aliphatic rings. The Morgan fingerprint density at radius 3 is 2.48 bits per heavy atom. The monoisotopic (exact) mass is 317 g/mol. The number of piperazine rings is 1. The summed E-state index contributed by atoms with van der Waals surface area (Å²) in [6.45, 7) is 5.34. The van der Waals surface area contributed by atoms with Crippen molar-refractivity contribution in [1.29, 1.82) is 0 Å². The zero-order valence-electron chi connectivity index (χ0n) is 13.1. The molecule has 6 heteroatoms. The molecule has 2 amide bonds. The largest absolute Gasteiger partial charge is 0.352 e. The molecule has 1 aliphatic heterocycles. The van der Waals surface area contributed by atoms with Crippen molar-refractivity contribution in [2.45, 2.75) is 57.9 Å². The molecule has 1 aliphatic carbocycles. The van der Waals surface area contributed by atoms with Gasteiger partial charge in [0.05, 0.1) is 0 Å². The standard InChI is InChI=1S/C15H27N3O2.ClH/c1-14(2)13(20)17-8-9-18(14)12(19)10-15(11-16)6-4-3-5-7-15;/h3-11,16H2,1-2H3,(H,17,20);1H. The Morgan fingerprint density at radius 2 is 1.90 bits per heavy atom. The molecule has 0 unspecified atom stereocenters. The number of amides is 2. The van der Waals surface area contributed by atoms with Gasteiger partial charge in [0.15, 0.2) is 0 Å². The normalized spacial score (nSPS) is 24.0. The van der Waals surface area contributed by atoms with Gasteiger partial charge in [-0.2, -0.15) is 0 Å². The molecule has 21 heavy (non-hydrogen) atoms. The predicted molar refractivity (Wildman–Crippen MR) is 85.2 cm³/mol. The Bertz CT molecular complexity index is 392. The predicted octanol–water partition coefficient (Wildman–Crippen LogP) is 1.44. The Kier molecular flexibility index (Phi) is 6.05. The summed E-state index contributed by atoms with van der Waals surface area (Å²) in [5.41, 5.74) is 5.17. The van der Waals surface area contributed by atoms with Crippen LogP contribution in [0.15, 0.2) is 0 Å². The highest BCUT2D eigenvalue weighted by Gasteiger charge is 2.43. The molecule has 1 saturated heterocycles. The molecule has 0 bridgehead atoms. The van der Waals surface area contributed by atoms with Crippen molar-refractivity contribution in [3.63, 3.8) is 0 Å². The Morgan fingerprint density at radius 1 is 1.29 bits per heavy atom. The fourth-order valence-electron chi connectivity index (χ4n) is 3.51. The van der Waals surface area contributed by atoms with Gasteiger partial charge in [-0.25, -0.2) is 0 Å². The van der Waals surface area contributed by atoms with Crippen molar-refractivity contribution < 1.29 is 9.59 Å². The third-order valence-electron chi connectivity index (χ3n) is 5.03. The lowest BCUT2D eigenvalue weighted by molar-refractivity contribution is -0.151. The molecule has 0 radical (unpaired) electrons. The quantitative estimate of drug-likeness (QED) is 0.827. The van der Waals surface area contributed by atoms with E-state index in [9.17, 15) is 9.59 Å². The molecule has 1 saturated carbocycles. The first-order chi connectivity index (χ1) is 9.41. The van der Waals surface area contributed by atoms with Crippen molar-refractivity contribution >= 4 is 24.2 Å². The highest BCUT2D eigenvalue weighted by Crippen LogP contribution is 2.39. The smallest absolute Gasteiger partial charge is 0.245 e. The van der Waals surface area contributed by atoms with E-state index < -0.39 is 5.54 Å². The number of nitrogens with two attached hydrogens (primary N) is 1. The summed E-state index contributed by atoms with van der Waals surface area (Å²) in [6, 6.07) is 0. The number of nitrogens with zero attached hydrogens (tertiary/aromatic N) is 1. The first kappa shape index (κ1) is 18.2. The van der Waals surface area contributed by atoms with Gasteiger partial charge in [0.1, 0.15) is 5.54 Å². The second-order valence-corrected chi connectivity index (χ2v) is 6.80. The summed E-state index contributed by atoms with van der Waals surface area (Å²) in [5, 5.41) is 2.83. The molecule has 1 heterocycles. The molecular formula is C15H28ClN3O2. The average Bonchev–Trinajstić information content (AvgIpc) is 2.42. The third-order valence-corrected chi connectivity index (χ3v) is 5.03. The van der Waals surface area contributed by atoms with Crippen LogP contribution in [0.25, 0.3) is 0 Å². The van der Waals surface area contributed by atoms with Gasteiger partial charge in [0.2, 0.25) is 11.8 Å². The van der Waals surface area contributed by atoms with Crippen molar-refractivity contribution in [2.75, 3.05) is 19.6 Å². The lowest BCUT2D eigenvalue weighted by atomic mass is 9.71. The Hall–Kier alpha value is -0.810. The molecule has 3 N–H and O–H groups in total. The summed E-state index contributed by atoms with van der Waals surface area (Å²) in [7, 11) is 0. The second kappa shape index (κ2) is 6.97. The van der Waals surface area contributed by atoms with Crippen molar-refractivity contribution in [1.82, 2.24) is 10.2 Å². The molecule has 0 aromatic heterocycles. The van der Waals surface area contributed by atoms with E-state index in [1.54, 1.807) is 4.90 Å². The Balaban J connectivity index is 0.00000220. The molecule has 0 aromatic rings. The molecule has 0 aromatic carbocycles. The first-order valence-electron chi connectivity index (χ1n) is 7.70. The molecule has 0 spiro atoms. The maximum Gasteiger partial charge on any atom is 0.245 e. The van der Waals surface area contributed by atoms with Crippen LogP contribution in [0.4, 0.5) is 0 Å². The van der Waals surface area contributed by atoms with Crippen LogP contribution < -0.4 is 11.1 Å². The summed E-state index contributed by atoms with van der Waals surface area (Å²) < 4.78 is 0. The van der Waals surface area contributed by atoms with E-state index in [1.165, 1.54) is 6.42 Å². The lowest BCUT2D eigenvalue weighted by Crippen LogP contribution is -2.64. The topological polar surface area (TPSA) is 75.4 Å². The van der Waals surface area contributed by atoms with Gasteiger partial charge in [0, 0.05) is 19.5 Å². The lowest BCUT2D eigenvalue weighted by Gasteiger charge is -2.44. The van der Waals surface area contributed by atoms with Crippen LogP contribution in [-0.4, -0.2) is 41.9 Å². The number of halogens is 1. The molecule has 2 fully saturated rings. The zero-order chi connectivity index (χ0) is 14.8. The minimum absolute atomic E-state index is 0. The van der Waals surface area contributed by atoms with Gasteiger partial charge in [-0.05, 0) is 38.6 Å². The zero-order valence-corrected chi connectivity index (χ0v) is 13.9. The van der Waals surface area contributed by atoms with Crippen LogP contribution in [0.2, 0.25) is 0 Å². The van der Waals surface area contributed by atoms with Gasteiger partial charge in [0.25, 0.3) is 0 Å². The van der Waals surface area contributed by atoms with Crippen LogP contribution in [0, 0.1) is 5.41 Å². The van der Waals surface area contributed by atoms with E-state index in [-0.39, 0.29) is 29.6 Å². The highest BCUT2D eigenvalue weighted by molar-refractivity contribution is 5.92. The van der Waals surface area contributed by atoms with Gasteiger partial charge < -0.3 is 16.0 Å². The third kappa shape index (κ3) is 3.69. The molecule has 122 valence electrons. The van der Waals surface area contributed by atoms with E-state index in [0.717, 1.165) is 25.7 Å². The second-order valence-electron chi connectivity index (χ2n) is 6.80. The molecule has 2 rings (SSSR count). The van der Waals surface area contributed by atoms with Crippen LogP contribution in [-0.2, 0) is 9.59 Å². The Labute approximate surface area is 133 Å². The van der Waals surface area contributed by atoms with E-state index >= 15 is 0 Å². The van der Waals surface area contributed by atoms with Crippen LogP contribution in [0.1, 0.15) is 52.4 Å². The van der Waals surface area contributed by atoms with Crippen molar-refractivity contribution in [3.8, 4) is 0 Å². The summed E-state index contributed by atoms with van der Waals surface area (Å²) in [6.07, 6.45) is 6.13. The summed E-state index contributed by atoms with van der Waals surface area (Å²) in [5.74, 6) is 0.0137. The number of carbonyl (C=O) groups is 2. The van der Waals surface area contributed by atoms with Gasteiger partial charge in [-0.1, -0.05) is 19.3 Å².